The fourth-order valence-corrected chi connectivity index (χ4v) is 4.61. The number of fused-ring (bicyclic) bond motifs is 1. The van der Waals surface area contributed by atoms with E-state index in [1.165, 1.54) is 28.2 Å². The van der Waals surface area contributed by atoms with E-state index >= 15 is 0 Å². The van der Waals surface area contributed by atoms with Gasteiger partial charge in [-0.15, -0.1) is 0 Å². The first kappa shape index (κ1) is 26.6. The van der Waals surface area contributed by atoms with Gasteiger partial charge in [0.15, 0.2) is 11.5 Å². The fourth-order valence-electron chi connectivity index (χ4n) is 4.61. The van der Waals surface area contributed by atoms with E-state index in [1.807, 2.05) is 6.07 Å². The topological polar surface area (TPSA) is 81.5 Å². The van der Waals surface area contributed by atoms with Gasteiger partial charge in [-0.3, -0.25) is 9.59 Å². The number of rotatable bonds is 9. The number of nitrogens with zero attached hydrogens (tertiary/aromatic N) is 2. The largest absolute Gasteiger partial charge is 0.467 e. The maximum atomic E-state index is 13.7. The van der Waals surface area contributed by atoms with E-state index in [9.17, 15) is 22.8 Å². The average Bonchev–Trinajstić information content (AvgIpc) is 3.70. The summed E-state index contributed by atoms with van der Waals surface area (Å²) < 4.78 is 61.9. The first-order chi connectivity index (χ1) is 18.8. The van der Waals surface area contributed by atoms with E-state index in [1.54, 1.807) is 24.3 Å². The van der Waals surface area contributed by atoms with Crippen LogP contribution in [0.3, 0.4) is 0 Å². The maximum absolute atomic E-state index is 13.7. The van der Waals surface area contributed by atoms with Crippen molar-refractivity contribution < 1.29 is 41.4 Å². The Bertz CT molecular complexity index is 1300. The Labute approximate surface area is 222 Å². The van der Waals surface area contributed by atoms with Crippen molar-refractivity contribution in [2.75, 3.05) is 26.5 Å². The smallest absolute Gasteiger partial charge is 0.416 e. The standard InChI is InChI=1S/C28H27F3N2O6/c29-28(30,31)21-5-1-4-20(13-21)27(35)33(16-23-7-3-11-37-23)17-26(34)32(15-22-6-2-10-36-22)14-19-8-9-24-25(12-19)39-18-38-24/h1-2,4-6,8-10,12-13,23H,3,7,11,14-18H2. The van der Waals surface area contributed by atoms with Crippen molar-refractivity contribution in [3.05, 3.63) is 83.3 Å². The SMILES string of the molecule is O=C(CN(CC1CCCO1)C(=O)c1cccc(C(F)(F)F)c1)N(Cc1ccc2c(c1)OCO2)Cc1ccco1. The third-order valence-corrected chi connectivity index (χ3v) is 6.59. The molecular formula is C28H27F3N2O6. The Kier molecular flexibility index (Phi) is 7.78. The molecule has 3 heterocycles. The van der Waals surface area contributed by atoms with Crippen molar-refractivity contribution in [3.8, 4) is 11.5 Å². The van der Waals surface area contributed by atoms with Gasteiger partial charge in [-0.05, 0) is 60.9 Å². The minimum Gasteiger partial charge on any atom is -0.467 e. The van der Waals surface area contributed by atoms with Gasteiger partial charge in [0, 0.05) is 25.3 Å². The molecule has 2 aliphatic rings. The summed E-state index contributed by atoms with van der Waals surface area (Å²) in [5.74, 6) is 0.641. The van der Waals surface area contributed by atoms with Gasteiger partial charge in [-0.25, -0.2) is 0 Å². The number of halogens is 3. The molecule has 8 nitrogen and oxygen atoms in total. The molecule has 1 unspecified atom stereocenters. The Balaban J connectivity index is 1.38. The summed E-state index contributed by atoms with van der Waals surface area (Å²) in [5, 5.41) is 0. The number of hydrogen-bond donors (Lipinski definition) is 0. The summed E-state index contributed by atoms with van der Waals surface area (Å²) in [6, 6.07) is 13.0. The van der Waals surface area contributed by atoms with Gasteiger partial charge in [-0.1, -0.05) is 12.1 Å². The van der Waals surface area contributed by atoms with E-state index in [4.69, 9.17) is 18.6 Å². The normalized spacial score (nSPS) is 16.3. The van der Waals surface area contributed by atoms with E-state index in [0.717, 1.165) is 24.1 Å². The molecular weight excluding hydrogens is 517 g/mol. The minimum absolute atomic E-state index is 0.0828. The first-order valence-electron chi connectivity index (χ1n) is 12.5. The molecule has 1 atom stereocenters. The number of ether oxygens (including phenoxy) is 3. The van der Waals surface area contributed by atoms with Gasteiger partial charge in [0.2, 0.25) is 12.7 Å². The van der Waals surface area contributed by atoms with Gasteiger partial charge in [0.1, 0.15) is 12.3 Å². The van der Waals surface area contributed by atoms with Crippen LogP contribution >= 0.6 is 0 Å². The molecule has 0 radical (unpaired) electrons. The number of amides is 2. The van der Waals surface area contributed by atoms with Gasteiger partial charge in [0.25, 0.3) is 5.91 Å². The molecule has 2 amide bonds. The Morgan fingerprint density at radius 3 is 2.54 bits per heavy atom. The molecule has 206 valence electrons. The van der Waals surface area contributed by atoms with Crippen molar-refractivity contribution in [2.24, 2.45) is 0 Å². The van der Waals surface area contributed by atoms with E-state index in [0.29, 0.717) is 30.3 Å². The maximum Gasteiger partial charge on any atom is 0.416 e. The summed E-state index contributed by atoms with van der Waals surface area (Å²) in [5.41, 5.74) is -0.308. The highest BCUT2D eigenvalue weighted by Crippen LogP contribution is 2.33. The van der Waals surface area contributed by atoms with Crippen LogP contribution in [0.15, 0.2) is 65.3 Å². The zero-order valence-corrected chi connectivity index (χ0v) is 21.0. The summed E-state index contributed by atoms with van der Waals surface area (Å²) in [7, 11) is 0. The van der Waals surface area contributed by atoms with Crippen molar-refractivity contribution in [1.82, 2.24) is 9.80 Å². The molecule has 5 rings (SSSR count). The molecule has 3 aromatic rings. The molecule has 11 heteroatoms. The molecule has 1 aromatic heterocycles. The molecule has 0 bridgehead atoms. The molecule has 1 saturated heterocycles. The summed E-state index contributed by atoms with van der Waals surface area (Å²) >= 11 is 0. The third-order valence-electron chi connectivity index (χ3n) is 6.59. The van der Waals surface area contributed by atoms with Crippen LogP contribution in [0.4, 0.5) is 13.2 Å². The van der Waals surface area contributed by atoms with Crippen LogP contribution in [-0.2, 0) is 28.8 Å². The lowest BCUT2D eigenvalue weighted by Gasteiger charge is -2.29. The van der Waals surface area contributed by atoms with E-state index < -0.39 is 23.6 Å². The van der Waals surface area contributed by atoms with Crippen LogP contribution in [0, 0.1) is 0 Å². The highest BCUT2D eigenvalue weighted by molar-refractivity contribution is 5.96. The Morgan fingerprint density at radius 1 is 0.949 bits per heavy atom. The number of carbonyl (C=O) groups is 2. The quantitative estimate of drug-likeness (QED) is 0.382. The lowest BCUT2D eigenvalue weighted by molar-refractivity contribution is -0.137. The van der Waals surface area contributed by atoms with Gasteiger partial charge in [0.05, 0.1) is 24.5 Å². The molecule has 0 saturated carbocycles. The lowest BCUT2D eigenvalue weighted by Crippen LogP contribution is -2.45. The Morgan fingerprint density at radius 2 is 1.79 bits per heavy atom. The summed E-state index contributed by atoms with van der Waals surface area (Å²) in [6.45, 7) is 0.690. The number of alkyl halides is 3. The highest BCUT2D eigenvalue weighted by atomic mass is 19.4. The van der Waals surface area contributed by atoms with Gasteiger partial charge in [-0.2, -0.15) is 13.2 Å². The summed E-state index contributed by atoms with van der Waals surface area (Å²) in [6.07, 6.45) is -1.91. The predicted octanol–water partition coefficient (Wildman–Crippen LogP) is 4.88. The second-order valence-corrected chi connectivity index (χ2v) is 9.42. The fraction of sp³-hybridized carbons (Fsp3) is 0.357. The number of carbonyl (C=O) groups excluding carboxylic acids is 2. The van der Waals surface area contributed by atoms with Crippen molar-refractivity contribution >= 4 is 11.8 Å². The second kappa shape index (κ2) is 11.4. The third kappa shape index (κ3) is 6.54. The molecule has 1 fully saturated rings. The summed E-state index contributed by atoms with van der Waals surface area (Å²) in [4.78, 5) is 29.9. The minimum atomic E-state index is -4.60. The number of hydrogen-bond acceptors (Lipinski definition) is 6. The molecule has 0 spiro atoms. The van der Waals surface area contributed by atoms with Crippen LogP contribution in [0.2, 0.25) is 0 Å². The van der Waals surface area contributed by atoms with Gasteiger partial charge < -0.3 is 28.4 Å². The van der Waals surface area contributed by atoms with Crippen LogP contribution in [0.1, 0.15) is 40.1 Å². The lowest BCUT2D eigenvalue weighted by atomic mass is 10.1. The average molecular weight is 545 g/mol. The zero-order valence-electron chi connectivity index (χ0n) is 21.0. The Hall–Kier alpha value is -3.99. The van der Waals surface area contributed by atoms with Gasteiger partial charge >= 0.3 is 6.18 Å². The van der Waals surface area contributed by atoms with Crippen LogP contribution in [0.5, 0.6) is 11.5 Å². The van der Waals surface area contributed by atoms with Crippen molar-refractivity contribution in [1.29, 1.82) is 0 Å². The monoisotopic (exact) mass is 544 g/mol. The van der Waals surface area contributed by atoms with E-state index in [2.05, 4.69) is 0 Å². The van der Waals surface area contributed by atoms with Crippen molar-refractivity contribution in [2.45, 2.75) is 38.2 Å². The molecule has 39 heavy (non-hydrogen) atoms. The first-order valence-corrected chi connectivity index (χ1v) is 12.5. The van der Waals surface area contributed by atoms with Crippen LogP contribution in [-0.4, -0.2) is 54.2 Å². The zero-order chi connectivity index (χ0) is 27.4. The second-order valence-electron chi connectivity index (χ2n) is 9.42. The molecule has 2 aromatic carbocycles. The highest BCUT2D eigenvalue weighted by Gasteiger charge is 2.33. The number of benzene rings is 2. The van der Waals surface area contributed by atoms with E-state index in [-0.39, 0.29) is 44.6 Å². The molecule has 2 aliphatic heterocycles. The molecule has 0 aliphatic carbocycles. The van der Waals surface area contributed by atoms with Crippen molar-refractivity contribution in [3.63, 3.8) is 0 Å². The predicted molar refractivity (Wildman–Crippen MR) is 132 cm³/mol. The number of furan rings is 1. The van der Waals surface area contributed by atoms with Crippen LogP contribution in [0.25, 0.3) is 0 Å². The molecule has 0 N–H and O–H groups in total. The van der Waals surface area contributed by atoms with Crippen LogP contribution < -0.4 is 9.47 Å².